The number of anilines is 1. The number of carboxylic acid groups (broad SMARTS) is 1. The molecule has 0 radical (unpaired) electrons. The number of aliphatic carboxylic acids is 1. The highest BCUT2D eigenvalue weighted by Gasteiger charge is 2.22. The lowest BCUT2D eigenvalue weighted by Gasteiger charge is -2.20. The molecule has 0 aliphatic heterocycles. The standard InChI is InChI=1S/C32H36N4O4/c1-6-36(7-2)26-18-14-24(15-19-26)30-34-28(35-40-30)22-10-8-21(9-11-22)20-27(31(38)39)33-29(37)23-12-16-25(17-13-23)32(3,4)5/h8-19,27H,6-7,20H2,1-5H3,(H,33,37)(H,38,39)/t27-/m0/s1. The average molecular weight is 541 g/mol. The van der Waals surface area contributed by atoms with Crippen LogP contribution in [0.5, 0.6) is 0 Å². The summed E-state index contributed by atoms with van der Waals surface area (Å²) in [4.78, 5) is 31.5. The number of hydrogen-bond acceptors (Lipinski definition) is 6. The van der Waals surface area contributed by atoms with Crippen LogP contribution in [0.2, 0.25) is 0 Å². The maximum atomic E-state index is 12.7. The summed E-state index contributed by atoms with van der Waals surface area (Å²) in [5.74, 6) is -0.655. The van der Waals surface area contributed by atoms with Crippen LogP contribution in [-0.2, 0) is 16.6 Å². The van der Waals surface area contributed by atoms with Crippen molar-refractivity contribution in [1.29, 1.82) is 0 Å². The number of benzene rings is 3. The monoisotopic (exact) mass is 540 g/mol. The largest absolute Gasteiger partial charge is 0.480 e. The van der Waals surface area contributed by atoms with Crippen LogP contribution in [0.15, 0.2) is 77.3 Å². The van der Waals surface area contributed by atoms with Crippen molar-refractivity contribution in [2.24, 2.45) is 0 Å². The number of hydrogen-bond donors (Lipinski definition) is 2. The second-order valence-electron chi connectivity index (χ2n) is 10.7. The molecule has 0 aliphatic rings. The van der Waals surface area contributed by atoms with E-state index >= 15 is 0 Å². The first-order valence-electron chi connectivity index (χ1n) is 13.5. The minimum absolute atomic E-state index is 0.0371. The zero-order valence-corrected chi connectivity index (χ0v) is 23.6. The van der Waals surface area contributed by atoms with Gasteiger partial charge in [-0.15, -0.1) is 0 Å². The van der Waals surface area contributed by atoms with Crippen LogP contribution in [0.25, 0.3) is 22.8 Å². The number of carboxylic acids is 1. The fraction of sp³-hybridized carbons (Fsp3) is 0.312. The van der Waals surface area contributed by atoms with E-state index in [9.17, 15) is 14.7 Å². The molecule has 0 aliphatic carbocycles. The zero-order valence-electron chi connectivity index (χ0n) is 23.6. The van der Waals surface area contributed by atoms with Gasteiger partial charge in [0.05, 0.1) is 0 Å². The number of carbonyl (C=O) groups excluding carboxylic acids is 1. The van der Waals surface area contributed by atoms with Gasteiger partial charge in [-0.3, -0.25) is 4.79 Å². The lowest BCUT2D eigenvalue weighted by molar-refractivity contribution is -0.139. The average Bonchev–Trinajstić information content (AvgIpc) is 3.44. The number of aromatic nitrogens is 2. The van der Waals surface area contributed by atoms with Gasteiger partial charge in [0.1, 0.15) is 6.04 Å². The third-order valence-electron chi connectivity index (χ3n) is 6.94. The Morgan fingerprint density at radius 2 is 1.50 bits per heavy atom. The molecule has 0 unspecified atom stereocenters. The minimum Gasteiger partial charge on any atom is -0.480 e. The van der Waals surface area contributed by atoms with E-state index in [1.807, 2.05) is 60.7 Å². The van der Waals surface area contributed by atoms with E-state index in [0.29, 0.717) is 17.3 Å². The smallest absolute Gasteiger partial charge is 0.326 e. The first-order valence-corrected chi connectivity index (χ1v) is 13.5. The van der Waals surface area contributed by atoms with Gasteiger partial charge >= 0.3 is 5.97 Å². The van der Waals surface area contributed by atoms with Crippen LogP contribution in [0.3, 0.4) is 0 Å². The van der Waals surface area contributed by atoms with Crippen molar-refractivity contribution < 1.29 is 19.2 Å². The molecule has 2 N–H and O–H groups in total. The van der Waals surface area contributed by atoms with E-state index in [2.05, 4.69) is 55.0 Å². The highest BCUT2D eigenvalue weighted by Crippen LogP contribution is 2.25. The summed E-state index contributed by atoms with van der Waals surface area (Å²) < 4.78 is 5.50. The van der Waals surface area contributed by atoms with Crippen molar-refractivity contribution in [2.75, 3.05) is 18.0 Å². The molecule has 0 saturated heterocycles. The van der Waals surface area contributed by atoms with Crippen molar-refractivity contribution in [3.8, 4) is 22.8 Å². The van der Waals surface area contributed by atoms with Gasteiger partial charge in [-0.1, -0.05) is 62.3 Å². The molecule has 4 rings (SSSR count). The Bertz CT molecular complexity index is 1430. The Hall–Kier alpha value is -4.46. The first kappa shape index (κ1) is 28.5. The molecule has 3 aromatic carbocycles. The Morgan fingerprint density at radius 3 is 2.05 bits per heavy atom. The predicted octanol–water partition coefficient (Wildman–Crippen LogP) is 5.97. The van der Waals surface area contributed by atoms with E-state index in [1.165, 1.54) is 0 Å². The summed E-state index contributed by atoms with van der Waals surface area (Å²) in [6, 6.07) is 21.4. The Morgan fingerprint density at radius 1 is 0.900 bits per heavy atom. The third kappa shape index (κ3) is 6.75. The number of nitrogens with zero attached hydrogens (tertiary/aromatic N) is 3. The van der Waals surface area contributed by atoms with Gasteiger partial charge < -0.3 is 19.8 Å². The Labute approximate surface area is 235 Å². The maximum Gasteiger partial charge on any atom is 0.326 e. The van der Waals surface area contributed by atoms with E-state index < -0.39 is 17.9 Å². The molecule has 8 nitrogen and oxygen atoms in total. The number of carbonyl (C=O) groups is 2. The SMILES string of the molecule is CCN(CC)c1ccc(-c2nc(-c3ccc(C[C@H](NC(=O)c4ccc(C(C)(C)C)cc4)C(=O)O)cc3)no2)cc1. The van der Waals surface area contributed by atoms with Crippen LogP contribution in [0.4, 0.5) is 5.69 Å². The molecule has 0 fully saturated rings. The van der Waals surface area contributed by atoms with Crippen LogP contribution in [0.1, 0.15) is 56.1 Å². The zero-order chi connectivity index (χ0) is 28.9. The molecule has 1 aromatic heterocycles. The highest BCUT2D eigenvalue weighted by atomic mass is 16.5. The second-order valence-corrected chi connectivity index (χ2v) is 10.7. The summed E-state index contributed by atoms with van der Waals surface area (Å²) in [5.41, 5.74) is 4.96. The van der Waals surface area contributed by atoms with Crippen molar-refractivity contribution in [3.63, 3.8) is 0 Å². The van der Waals surface area contributed by atoms with Gasteiger partial charge in [-0.2, -0.15) is 4.98 Å². The lowest BCUT2D eigenvalue weighted by atomic mass is 9.86. The summed E-state index contributed by atoms with van der Waals surface area (Å²) in [5, 5.41) is 16.5. The van der Waals surface area contributed by atoms with Crippen molar-refractivity contribution in [3.05, 3.63) is 89.5 Å². The Kier molecular flexibility index (Phi) is 8.67. The molecular formula is C32H36N4O4. The molecule has 0 spiro atoms. The van der Waals surface area contributed by atoms with Crippen LogP contribution in [-0.4, -0.2) is 46.3 Å². The van der Waals surface area contributed by atoms with Gasteiger partial charge in [0.2, 0.25) is 5.82 Å². The van der Waals surface area contributed by atoms with Crippen molar-refractivity contribution in [1.82, 2.24) is 15.5 Å². The van der Waals surface area contributed by atoms with Gasteiger partial charge in [0.15, 0.2) is 0 Å². The number of amides is 1. The molecule has 40 heavy (non-hydrogen) atoms. The number of rotatable bonds is 10. The summed E-state index contributed by atoms with van der Waals surface area (Å²) >= 11 is 0. The van der Waals surface area contributed by atoms with Crippen LogP contribution >= 0.6 is 0 Å². The molecular weight excluding hydrogens is 504 g/mol. The summed E-state index contributed by atoms with van der Waals surface area (Å²) in [6.07, 6.45) is 0.137. The van der Waals surface area contributed by atoms with Gasteiger partial charge in [0, 0.05) is 41.9 Å². The molecule has 1 atom stereocenters. The highest BCUT2D eigenvalue weighted by molar-refractivity contribution is 5.96. The molecule has 208 valence electrons. The summed E-state index contributed by atoms with van der Waals surface area (Å²) in [6.45, 7) is 12.4. The van der Waals surface area contributed by atoms with Gasteiger partial charge in [0.25, 0.3) is 11.8 Å². The van der Waals surface area contributed by atoms with Crippen molar-refractivity contribution >= 4 is 17.6 Å². The first-order chi connectivity index (χ1) is 19.1. The summed E-state index contributed by atoms with van der Waals surface area (Å²) in [7, 11) is 0. The van der Waals surface area contributed by atoms with Crippen LogP contribution < -0.4 is 10.2 Å². The maximum absolute atomic E-state index is 12.7. The van der Waals surface area contributed by atoms with Gasteiger partial charge in [-0.05, 0) is 66.8 Å². The third-order valence-corrected chi connectivity index (χ3v) is 6.94. The normalized spacial score (nSPS) is 12.1. The molecule has 1 heterocycles. The van der Waals surface area contributed by atoms with E-state index in [1.54, 1.807) is 12.1 Å². The topological polar surface area (TPSA) is 109 Å². The molecule has 4 aromatic rings. The fourth-order valence-electron chi connectivity index (χ4n) is 4.45. The number of nitrogens with one attached hydrogen (secondary N) is 1. The molecule has 8 heteroatoms. The Balaban J connectivity index is 1.41. The second kappa shape index (κ2) is 12.2. The molecule has 0 saturated carbocycles. The van der Waals surface area contributed by atoms with Crippen molar-refractivity contribution in [2.45, 2.75) is 52.5 Å². The predicted molar refractivity (Wildman–Crippen MR) is 156 cm³/mol. The molecule has 1 amide bonds. The van der Waals surface area contributed by atoms with E-state index in [-0.39, 0.29) is 11.8 Å². The minimum atomic E-state index is -1.10. The van der Waals surface area contributed by atoms with E-state index in [0.717, 1.165) is 41.0 Å². The fourth-order valence-corrected chi connectivity index (χ4v) is 4.45. The van der Waals surface area contributed by atoms with Gasteiger partial charge in [-0.25, -0.2) is 4.79 Å². The quantitative estimate of drug-likeness (QED) is 0.255. The lowest BCUT2D eigenvalue weighted by Crippen LogP contribution is -2.42. The molecule has 0 bridgehead atoms. The van der Waals surface area contributed by atoms with Crippen LogP contribution in [0, 0.1) is 0 Å². The van der Waals surface area contributed by atoms with E-state index in [4.69, 9.17) is 4.52 Å².